The summed E-state index contributed by atoms with van der Waals surface area (Å²) in [5.41, 5.74) is 16.7. The molecule has 0 spiro atoms. The van der Waals surface area contributed by atoms with Crippen molar-refractivity contribution in [1.29, 1.82) is 0 Å². The molecule has 0 atom stereocenters. The fourth-order valence-corrected chi connectivity index (χ4v) is 11.0. The minimum absolute atomic E-state index is 0. The van der Waals surface area contributed by atoms with Crippen LogP contribution in [0.4, 0.5) is 22.7 Å². The zero-order chi connectivity index (χ0) is 53.1. The van der Waals surface area contributed by atoms with Crippen LogP contribution in [0.2, 0.25) is 0 Å². The first-order valence-electron chi connectivity index (χ1n) is 26.7. The van der Waals surface area contributed by atoms with Crippen molar-refractivity contribution in [3.05, 3.63) is 217 Å². The zero-order valence-corrected chi connectivity index (χ0v) is 48.6. The number of pyridine rings is 1. The second-order valence-corrected chi connectivity index (χ2v) is 24.8. The van der Waals surface area contributed by atoms with Crippen molar-refractivity contribution in [3.8, 4) is 34.1 Å². The SMILES string of the molecule is CC(C)(C)c1ccc(-c2cnc(-n3c4[c-]c(Oc5[c-]c(N6[CH-]N(c7cc(C(C)(C)C)cc(C(C)(C)C)c7)c7ccccc76)ccc5)ccc4c4ccc(-n5c6ccccc6c6ccccc65)cc43)cc2C(C)(C)C)cc1.[Pt]. The quantitative estimate of drug-likeness (QED) is 0.149. The molecule has 77 heavy (non-hydrogen) atoms. The van der Waals surface area contributed by atoms with Crippen molar-refractivity contribution in [2.24, 2.45) is 0 Å². The molecule has 390 valence electrons. The van der Waals surface area contributed by atoms with Gasteiger partial charge in [-0.05, 0) is 109 Å². The van der Waals surface area contributed by atoms with Crippen LogP contribution in [0, 0.1) is 18.8 Å². The van der Waals surface area contributed by atoms with Gasteiger partial charge in [-0.2, -0.15) is 12.1 Å². The molecule has 0 saturated heterocycles. The van der Waals surface area contributed by atoms with Gasteiger partial charge in [0.25, 0.3) is 0 Å². The maximum absolute atomic E-state index is 6.84. The Kier molecular flexibility index (Phi) is 12.7. The molecular formula is C70H66N5OPt-3. The standard InChI is InChI=1S/C70H66N5O.Pt/c1-67(2,3)46-30-28-45(29-31-46)58-43-71-66(42-59(58)70(10,11)12)75-64-40-50(74-60-24-15-13-22-54(60)55-23-14-16-25-61(55)74)32-34-56(64)57-35-33-53(41-65(57)75)76-52-21-19-20-49(39-52)72-44-73(63-27-18-17-26-62(63)72)51-37-47(68(4,5)6)36-48(38-51)69(7,8)9;/h13-38,40,42-44H,1-12H3;/q-3;. The summed E-state index contributed by atoms with van der Waals surface area (Å²) in [6.07, 6.45) is 2.07. The number of nitrogens with zero attached hydrogens (tertiary/aromatic N) is 5. The number of anilines is 4. The van der Waals surface area contributed by atoms with Crippen LogP contribution in [0.5, 0.6) is 11.5 Å². The van der Waals surface area contributed by atoms with Gasteiger partial charge in [0.2, 0.25) is 0 Å². The minimum atomic E-state index is -0.197. The molecular weight excluding hydrogens is 1120 g/mol. The molecule has 0 fully saturated rings. The predicted octanol–water partition coefficient (Wildman–Crippen LogP) is 18.9. The van der Waals surface area contributed by atoms with Gasteiger partial charge in [-0.25, -0.2) is 4.98 Å². The monoisotopic (exact) mass is 1190 g/mol. The van der Waals surface area contributed by atoms with E-state index in [4.69, 9.17) is 9.72 Å². The van der Waals surface area contributed by atoms with Crippen molar-refractivity contribution in [2.75, 3.05) is 9.80 Å². The van der Waals surface area contributed by atoms with Crippen LogP contribution < -0.4 is 14.5 Å². The van der Waals surface area contributed by atoms with Crippen molar-refractivity contribution < 1.29 is 25.8 Å². The zero-order valence-electron chi connectivity index (χ0n) is 46.3. The van der Waals surface area contributed by atoms with E-state index < -0.39 is 0 Å². The van der Waals surface area contributed by atoms with E-state index in [0.29, 0.717) is 11.5 Å². The van der Waals surface area contributed by atoms with Crippen LogP contribution >= 0.6 is 0 Å². The van der Waals surface area contributed by atoms with Gasteiger partial charge in [0.1, 0.15) is 5.82 Å². The van der Waals surface area contributed by atoms with Crippen LogP contribution in [0.1, 0.15) is 105 Å². The molecule has 1 aliphatic heterocycles. The molecule has 1 aliphatic rings. The molecule has 7 heteroatoms. The number of fused-ring (bicyclic) bond motifs is 7. The smallest absolute Gasteiger partial charge is 0.135 e. The van der Waals surface area contributed by atoms with E-state index in [-0.39, 0.29) is 42.7 Å². The molecule has 12 rings (SSSR count). The second kappa shape index (κ2) is 19.0. The van der Waals surface area contributed by atoms with Gasteiger partial charge in [0.05, 0.1) is 11.0 Å². The average molecular weight is 1190 g/mol. The van der Waals surface area contributed by atoms with Crippen LogP contribution in [-0.4, -0.2) is 14.1 Å². The van der Waals surface area contributed by atoms with Crippen molar-refractivity contribution in [1.82, 2.24) is 14.1 Å². The summed E-state index contributed by atoms with van der Waals surface area (Å²) < 4.78 is 11.5. The fraction of sp³-hybridized carbons (Fsp3) is 0.229. The van der Waals surface area contributed by atoms with E-state index in [1.165, 1.54) is 33.0 Å². The second-order valence-electron chi connectivity index (χ2n) is 24.8. The first-order valence-corrected chi connectivity index (χ1v) is 26.7. The Hall–Kier alpha value is -7.40. The van der Waals surface area contributed by atoms with E-state index in [2.05, 4.69) is 279 Å². The van der Waals surface area contributed by atoms with Crippen molar-refractivity contribution in [3.63, 3.8) is 0 Å². The minimum Gasteiger partial charge on any atom is -0.509 e. The van der Waals surface area contributed by atoms with Gasteiger partial charge in [-0.1, -0.05) is 174 Å². The molecule has 0 unspecified atom stereocenters. The molecule has 0 amide bonds. The number of aromatic nitrogens is 3. The number of ether oxygens (including phenoxy) is 1. The molecule has 6 nitrogen and oxygen atoms in total. The number of hydrogen-bond acceptors (Lipinski definition) is 4. The third kappa shape index (κ3) is 9.33. The van der Waals surface area contributed by atoms with Crippen molar-refractivity contribution in [2.45, 2.75) is 105 Å². The summed E-state index contributed by atoms with van der Waals surface area (Å²) in [6.45, 7) is 29.6. The Morgan fingerprint density at radius 1 is 0.442 bits per heavy atom. The van der Waals surface area contributed by atoms with Gasteiger partial charge in [0, 0.05) is 83.4 Å². The third-order valence-electron chi connectivity index (χ3n) is 15.3. The number of para-hydroxylation sites is 4. The van der Waals surface area contributed by atoms with Gasteiger partial charge >= 0.3 is 0 Å². The Morgan fingerprint density at radius 2 is 1.01 bits per heavy atom. The molecule has 0 saturated carbocycles. The van der Waals surface area contributed by atoms with Gasteiger partial charge in [0.15, 0.2) is 0 Å². The maximum Gasteiger partial charge on any atom is 0.135 e. The van der Waals surface area contributed by atoms with Crippen LogP contribution in [0.15, 0.2) is 176 Å². The molecule has 0 aliphatic carbocycles. The summed E-state index contributed by atoms with van der Waals surface area (Å²) in [5.74, 6) is 1.99. The fourth-order valence-electron chi connectivity index (χ4n) is 11.0. The summed E-state index contributed by atoms with van der Waals surface area (Å²) in [7, 11) is 0. The molecule has 3 aromatic heterocycles. The van der Waals surface area contributed by atoms with Gasteiger partial charge < -0.3 is 23.7 Å². The van der Waals surface area contributed by atoms with Crippen LogP contribution in [0.25, 0.3) is 66.2 Å². The number of rotatable bonds is 7. The van der Waals surface area contributed by atoms with E-state index in [9.17, 15) is 0 Å². The Labute approximate surface area is 469 Å². The van der Waals surface area contributed by atoms with Crippen LogP contribution in [0.3, 0.4) is 0 Å². The molecule has 0 bridgehead atoms. The largest absolute Gasteiger partial charge is 0.509 e. The topological polar surface area (TPSA) is 38.5 Å². The van der Waals surface area contributed by atoms with E-state index in [1.807, 2.05) is 18.2 Å². The van der Waals surface area contributed by atoms with E-state index in [1.54, 1.807) is 0 Å². The summed E-state index contributed by atoms with van der Waals surface area (Å²) >= 11 is 0. The summed E-state index contributed by atoms with van der Waals surface area (Å²) in [4.78, 5) is 9.88. The van der Waals surface area contributed by atoms with Gasteiger partial charge in [-0.15, -0.1) is 48.1 Å². The average Bonchev–Trinajstić information content (AvgIpc) is 4.22. The molecule has 8 aromatic carbocycles. The predicted molar refractivity (Wildman–Crippen MR) is 319 cm³/mol. The van der Waals surface area contributed by atoms with E-state index in [0.717, 1.165) is 78.2 Å². The first-order chi connectivity index (χ1) is 36.2. The normalized spacial score (nSPS) is 13.2. The van der Waals surface area contributed by atoms with Crippen LogP contribution in [-0.2, 0) is 42.7 Å². The first kappa shape index (κ1) is 51.7. The molecule has 0 N–H and O–H groups in total. The maximum atomic E-state index is 6.84. The Bertz CT molecular complexity index is 3970. The summed E-state index contributed by atoms with van der Waals surface area (Å²) in [5, 5.41) is 4.61. The number of hydrogen-bond donors (Lipinski definition) is 0. The molecule has 11 aromatic rings. The third-order valence-corrected chi connectivity index (χ3v) is 15.3. The summed E-state index contributed by atoms with van der Waals surface area (Å²) in [6, 6.07) is 68.8. The Balaban J connectivity index is 0.00000631. The molecule has 0 radical (unpaired) electrons. The Morgan fingerprint density at radius 3 is 1.64 bits per heavy atom. The number of benzene rings is 8. The van der Waals surface area contributed by atoms with Crippen molar-refractivity contribution >= 4 is 66.4 Å². The van der Waals surface area contributed by atoms with Gasteiger partial charge in [-0.3, -0.25) is 0 Å². The molecule has 4 heterocycles. The van der Waals surface area contributed by atoms with E-state index >= 15 is 0 Å².